The monoisotopic (exact) mass is 411 g/mol. The highest BCUT2D eigenvalue weighted by Gasteiger charge is 2.33. The lowest BCUT2D eigenvalue weighted by Gasteiger charge is -2.11. The summed E-state index contributed by atoms with van der Waals surface area (Å²) in [7, 11) is 0. The molecule has 3 rings (SSSR count). The van der Waals surface area contributed by atoms with Gasteiger partial charge in [0.2, 0.25) is 5.91 Å². The predicted octanol–water partition coefficient (Wildman–Crippen LogP) is 2.21. The number of aromatic nitrogens is 3. The number of nitrogens with one attached hydrogen (secondary N) is 1. The highest BCUT2D eigenvalue weighted by atomic mass is 35.5. The standard InChI is InChI=1S/C17H13ClF3N5O2/c18-13-2-1-9(4-12(13)17(19,20)21)3-10-5-23-15-11(6-25-26(15)8-10)16(28)24-7-14(22)27/h1-2,4-6,8H,3,7H2,(H2,22,27)(H,24,28). The Hall–Kier alpha value is -3.14. The SMILES string of the molecule is NC(=O)CNC(=O)c1cnn2cc(Cc3ccc(Cl)c(C(F)(F)F)c3)cnc12. The Morgan fingerprint density at radius 2 is 1.96 bits per heavy atom. The molecule has 2 heterocycles. The molecule has 3 N–H and O–H groups in total. The van der Waals surface area contributed by atoms with Crippen molar-refractivity contribution in [3.05, 3.63) is 64.1 Å². The second-order valence-electron chi connectivity index (χ2n) is 5.93. The van der Waals surface area contributed by atoms with Gasteiger partial charge in [0.15, 0.2) is 5.65 Å². The molecule has 0 aliphatic heterocycles. The fourth-order valence-corrected chi connectivity index (χ4v) is 2.79. The summed E-state index contributed by atoms with van der Waals surface area (Å²) >= 11 is 5.63. The van der Waals surface area contributed by atoms with E-state index in [9.17, 15) is 22.8 Å². The van der Waals surface area contributed by atoms with Crippen LogP contribution in [0.4, 0.5) is 13.2 Å². The summed E-state index contributed by atoms with van der Waals surface area (Å²) < 4.78 is 40.3. The zero-order valence-corrected chi connectivity index (χ0v) is 14.9. The first-order valence-corrected chi connectivity index (χ1v) is 8.27. The smallest absolute Gasteiger partial charge is 0.368 e. The van der Waals surface area contributed by atoms with E-state index in [2.05, 4.69) is 15.4 Å². The first-order valence-electron chi connectivity index (χ1n) is 7.89. The molecular weight excluding hydrogens is 399 g/mol. The number of hydrogen-bond acceptors (Lipinski definition) is 4. The van der Waals surface area contributed by atoms with Gasteiger partial charge in [-0.05, 0) is 23.3 Å². The summed E-state index contributed by atoms with van der Waals surface area (Å²) in [6.07, 6.45) is -0.137. The number of alkyl halides is 3. The van der Waals surface area contributed by atoms with E-state index in [1.165, 1.54) is 29.0 Å². The molecule has 0 saturated carbocycles. The van der Waals surface area contributed by atoms with Gasteiger partial charge in [0.05, 0.1) is 23.3 Å². The van der Waals surface area contributed by atoms with Crippen molar-refractivity contribution in [2.45, 2.75) is 12.6 Å². The van der Waals surface area contributed by atoms with Crippen LogP contribution in [0.3, 0.4) is 0 Å². The third kappa shape index (κ3) is 4.22. The van der Waals surface area contributed by atoms with Gasteiger partial charge in [-0.15, -0.1) is 0 Å². The number of halogens is 4. The number of hydrogen-bond donors (Lipinski definition) is 2. The molecule has 2 amide bonds. The number of fused-ring (bicyclic) bond motifs is 1. The van der Waals surface area contributed by atoms with Gasteiger partial charge >= 0.3 is 6.18 Å². The van der Waals surface area contributed by atoms with Gasteiger partial charge in [-0.3, -0.25) is 9.59 Å². The minimum absolute atomic E-state index is 0.138. The molecule has 11 heteroatoms. The summed E-state index contributed by atoms with van der Waals surface area (Å²) in [5.41, 5.74) is 5.41. The molecule has 0 aliphatic carbocycles. The van der Waals surface area contributed by atoms with Crippen LogP contribution in [0.25, 0.3) is 5.65 Å². The van der Waals surface area contributed by atoms with E-state index in [4.69, 9.17) is 17.3 Å². The van der Waals surface area contributed by atoms with Gasteiger partial charge in [0.25, 0.3) is 5.91 Å². The van der Waals surface area contributed by atoms with Gasteiger partial charge < -0.3 is 11.1 Å². The lowest BCUT2D eigenvalue weighted by atomic mass is 10.0. The van der Waals surface area contributed by atoms with E-state index >= 15 is 0 Å². The summed E-state index contributed by atoms with van der Waals surface area (Å²) in [5.74, 6) is -1.26. The number of amides is 2. The Morgan fingerprint density at radius 1 is 1.21 bits per heavy atom. The van der Waals surface area contributed by atoms with Gasteiger partial charge in [0, 0.05) is 18.8 Å². The average molecular weight is 412 g/mol. The van der Waals surface area contributed by atoms with Crippen molar-refractivity contribution in [2.24, 2.45) is 5.73 Å². The lowest BCUT2D eigenvalue weighted by Crippen LogP contribution is -2.33. The van der Waals surface area contributed by atoms with Crippen molar-refractivity contribution in [3.8, 4) is 0 Å². The van der Waals surface area contributed by atoms with Crippen molar-refractivity contribution in [1.29, 1.82) is 0 Å². The topological polar surface area (TPSA) is 102 Å². The molecular formula is C17H13ClF3N5O2. The minimum Gasteiger partial charge on any atom is -0.368 e. The van der Waals surface area contributed by atoms with Crippen LogP contribution in [0.15, 0.2) is 36.8 Å². The molecule has 0 atom stereocenters. The summed E-state index contributed by atoms with van der Waals surface area (Å²) in [4.78, 5) is 26.9. The van der Waals surface area contributed by atoms with E-state index in [0.717, 1.165) is 6.07 Å². The number of nitrogens with zero attached hydrogens (tertiary/aromatic N) is 3. The maximum atomic E-state index is 13.0. The van der Waals surface area contributed by atoms with E-state index in [1.807, 2.05) is 0 Å². The third-order valence-corrected chi connectivity index (χ3v) is 4.15. The van der Waals surface area contributed by atoms with Gasteiger partial charge in [-0.1, -0.05) is 17.7 Å². The van der Waals surface area contributed by atoms with Crippen LogP contribution in [0.5, 0.6) is 0 Å². The fraction of sp³-hybridized carbons (Fsp3) is 0.176. The summed E-state index contributed by atoms with van der Waals surface area (Å²) in [6, 6.07) is 3.67. The van der Waals surface area contributed by atoms with E-state index < -0.39 is 23.6 Å². The lowest BCUT2D eigenvalue weighted by molar-refractivity contribution is -0.137. The molecule has 0 unspecified atom stereocenters. The van der Waals surface area contributed by atoms with Crippen LogP contribution in [-0.2, 0) is 17.4 Å². The quantitative estimate of drug-likeness (QED) is 0.672. The molecule has 2 aromatic heterocycles. The number of nitrogens with two attached hydrogens (primary N) is 1. The molecule has 0 spiro atoms. The minimum atomic E-state index is -4.55. The Bertz CT molecular complexity index is 1060. The highest BCUT2D eigenvalue weighted by molar-refractivity contribution is 6.31. The Kier molecular flexibility index (Phi) is 5.23. The number of rotatable bonds is 5. The molecule has 0 bridgehead atoms. The van der Waals surface area contributed by atoms with Gasteiger partial charge in [-0.2, -0.15) is 18.3 Å². The molecule has 7 nitrogen and oxygen atoms in total. The molecule has 0 fully saturated rings. The number of carbonyl (C=O) groups is 2. The maximum Gasteiger partial charge on any atom is 0.417 e. The summed E-state index contributed by atoms with van der Waals surface area (Å²) in [5, 5.41) is 5.98. The van der Waals surface area contributed by atoms with Gasteiger partial charge in [-0.25, -0.2) is 9.50 Å². The Labute approximate surface area is 161 Å². The summed E-state index contributed by atoms with van der Waals surface area (Å²) in [6.45, 7) is -0.327. The first kappa shape index (κ1) is 19.6. The average Bonchev–Trinajstić information content (AvgIpc) is 3.03. The van der Waals surface area contributed by atoms with Crippen LogP contribution < -0.4 is 11.1 Å². The van der Waals surface area contributed by atoms with Crippen LogP contribution in [0.2, 0.25) is 5.02 Å². The predicted molar refractivity (Wildman–Crippen MR) is 93.8 cm³/mol. The van der Waals surface area contributed by atoms with Crippen LogP contribution >= 0.6 is 11.6 Å². The molecule has 0 radical (unpaired) electrons. The van der Waals surface area contributed by atoms with Crippen LogP contribution in [0.1, 0.15) is 27.0 Å². The Balaban J connectivity index is 1.84. The largest absolute Gasteiger partial charge is 0.417 e. The molecule has 1 aromatic carbocycles. The number of primary amides is 1. The van der Waals surface area contributed by atoms with Crippen LogP contribution in [0, 0.1) is 0 Å². The molecule has 0 saturated heterocycles. The van der Waals surface area contributed by atoms with E-state index in [0.29, 0.717) is 11.1 Å². The second kappa shape index (κ2) is 7.47. The number of benzene rings is 1. The van der Waals surface area contributed by atoms with Crippen molar-refractivity contribution in [3.63, 3.8) is 0 Å². The molecule has 0 aliphatic rings. The zero-order chi connectivity index (χ0) is 20.5. The van der Waals surface area contributed by atoms with E-state index in [-0.39, 0.29) is 29.2 Å². The molecule has 146 valence electrons. The Morgan fingerprint density at radius 3 is 2.64 bits per heavy atom. The van der Waals surface area contributed by atoms with Crippen molar-refractivity contribution < 1.29 is 22.8 Å². The van der Waals surface area contributed by atoms with Crippen molar-refractivity contribution in [2.75, 3.05) is 6.54 Å². The number of carbonyl (C=O) groups excluding carboxylic acids is 2. The van der Waals surface area contributed by atoms with Crippen LogP contribution in [-0.4, -0.2) is 33.0 Å². The zero-order valence-electron chi connectivity index (χ0n) is 14.1. The van der Waals surface area contributed by atoms with Crippen molar-refractivity contribution >= 4 is 29.1 Å². The third-order valence-electron chi connectivity index (χ3n) is 3.82. The normalized spacial score (nSPS) is 11.6. The molecule has 28 heavy (non-hydrogen) atoms. The fourth-order valence-electron chi connectivity index (χ4n) is 2.56. The first-order chi connectivity index (χ1) is 13.1. The molecule has 3 aromatic rings. The second-order valence-corrected chi connectivity index (χ2v) is 6.33. The van der Waals surface area contributed by atoms with Gasteiger partial charge in [0.1, 0.15) is 5.56 Å². The van der Waals surface area contributed by atoms with E-state index in [1.54, 1.807) is 6.20 Å². The maximum absolute atomic E-state index is 13.0. The van der Waals surface area contributed by atoms with Crippen molar-refractivity contribution in [1.82, 2.24) is 19.9 Å². The highest BCUT2D eigenvalue weighted by Crippen LogP contribution is 2.35.